The summed E-state index contributed by atoms with van der Waals surface area (Å²) in [6.45, 7) is 9.49. The Hall–Kier alpha value is -12.8. The highest BCUT2D eigenvalue weighted by molar-refractivity contribution is 9.10. The van der Waals surface area contributed by atoms with Crippen LogP contribution in [0.5, 0.6) is 23.0 Å². The van der Waals surface area contributed by atoms with Crippen molar-refractivity contribution in [1.82, 2.24) is 0 Å². The summed E-state index contributed by atoms with van der Waals surface area (Å²) in [5, 5.41) is 9.24. The first-order valence-electron chi connectivity index (χ1n) is 39.9. The summed E-state index contributed by atoms with van der Waals surface area (Å²) in [6, 6.07) is 132. The fourth-order valence-electron chi connectivity index (χ4n) is 19.2. The third-order valence-electron chi connectivity index (χ3n) is 24.4. The molecule has 16 aromatic carbocycles. The van der Waals surface area contributed by atoms with E-state index in [2.05, 4.69) is 338 Å². The molecule has 4 heterocycles. The smallest absolute Gasteiger partial charge is 0.148 e. The molecule has 0 amide bonds. The van der Waals surface area contributed by atoms with E-state index in [1.54, 1.807) is 0 Å². The minimum atomic E-state index is -0.108. The summed E-state index contributed by atoms with van der Waals surface area (Å²) >= 11 is 18.1. The van der Waals surface area contributed by atoms with Gasteiger partial charge in [-0.1, -0.05) is 334 Å². The van der Waals surface area contributed by atoms with E-state index in [0.717, 1.165) is 88.2 Å². The van der Waals surface area contributed by atoms with Gasteiger partial charge in [-0.3, -0.25) is 0 Å². The molecule has 0 radical (unpaired) electrons. The van der Waals surface area contributed by atoms with E-state index < -0.39 is 0 Å². The van der Waals surface area contributed by atoms with Gasteiger partial charge in [0.15, 0.2) is 0 Å². The molecule has 0 bridgehead atoms. The van der Waals surface area contributed by atoms with Gasteiger partial charge in [0.2, 0.25) is 0 Å². The number of fused-ring (bicyclic) bond motifs is 16. The van der Waals surface area contributed by atoms with Crippen molar-refractivity contribution < 1.29 is 18.3 Å². The third kappa shape index (κ3) is 13.0. The molecule has 0 saturated heterocycles. The second-order valence-corrected chi connectivity index (χ2v) is 33.5. The van der Waals surface area contributed by atoms with Crippen molar-refractivity contribution in [2.24, 2.45) is 0 Å². The Morgan fingerprint density at radius 3 is 1.31 bits per heavy atom. The fraction of sp³-hybridized carbons (Fsp3) is 0.103. The zero-order chi connectivity index (χ0) is 79.0. The quantitative estimate of drug-likeness (QED) is 0.115. The van der Waals surface area contributed by atoms with Crippen LogP contribution in [0.3, 0.4) is 0 Å². The largest absolute Gasteiger partial charge is 0.456 e. The van der Waals surface area contributed by atoms with E-state index in [1.165, 1.54) is 78.1 Å². The van der Waals surface area contributed by atoms with Crippen LogP contribution >= 0.6 is 39.1 Å². The Morgan fingerprint density at radius 1 is 0.350 bits per heavy atom. The van der Waals surface area contributed by atoms with Crippen molar-refractivity contribution in [3.63, 3.8) is 0 Å². The summed E-state index contributed by atoms with van der Waals surface area (Å²) < 4.78 is 26.4. The van der Waals surface area contributed by atoms with E-state index in [0.29, 0.717) is 27.5 Å². The predicted octanol–water partition coefficient (Wildman–Crippen LogP) is 31.3. The number of hydrogen-bond donors (Lipinski definition) is 1. The molecule has 117 heavy (non-hydrogen) atoms. The van der Waals surface area contributed by atoms with Crippen LogP contribution in [-0.4, -0.2) is 0 Å². The molecule has 18 aromatic rings. The van der Waals surface area contributed by atoms with Crippen LogP contribution in [0.4, 0.5) is 34.1 Å². The summed E-state index contributed by atoms with van der Waals surface area (Å²) in [5.74, 6) is 3.26. The Balaban J connectivity index is 0.000000125. The molecular weight excluding hydrogens is 1540 g/mol. The first-order valence-corrected chi connectivity index (χ1v) is 41.5. The number of benzene rings is 16. The summed E-state index contributed by atoms with van der Waals surface area (Å²) in [4.78, 5) is 4.87. The van der Waals surface area contributed by atoms with Gasteiger partial charge in [-0.05, 0) is 192 Å². The summed E-state index contributed by atoms with van der Waals surface area (Å²) in [6.07, 6.45) is 0. The third-order valence-corrected chi connectivity index (χ3v) is 25.6. The van der Waals surface area contributed by atoms with Gasteiger partial charge in [0, 0.05) is 55.4 Å². The maximum atomic E-state index is 7.48. The van der Waals surface area contributed by atoms with Crippen LogP contribution in [0.15, 0.2) is 389 Å². The molecule has 7 nitrogen and oxygen atoms in total. The van der Waals surface area contributed by atoms with Crippen molar-refractivity contribution in [2.75, 3.05) is 15.1 Å². The van der Waals surface area contributed by atoms with E-state index in [1.807, 2.05) is 97.1 Å². The van der Waals surface area contributed by atoms with Gasteiger partial charge in [-0.15, -0.1) is 0 Å². The lowest BCUT2D eigenvalue weighted by molar-refractivity contribution is 0.420. The van der Waals surface area contributed by atoms with Crippen LogP contribution in [0.1, 0.15) is 108 Å². The van der Waals surface area contributed by atoms with Crippen molar-refractivity contribution >= 4 is 117 Å². The maximum Gasteiger partial charge on any atom is 0.148 e. The van der Waals surface area contributed by atoms with Crippen molar-refractivity contribution in [1.29, 1.82) is 0 Å². The molecular formula is C107H80BrCl2N3O4. The van der Waals surface area contributed by atoms with E-state index in [-0.39, 0.29) is 34.7 Å². The minimum absolute atomic E-state index is 0.0169. The lowest BCUT2D eigenvalue weighted by Gasteiger charge is -2.31. The number of nitrogens with zero attached hydrogens (tertiary/aromatic N) is 2. The molecule has 0 saturated carbocycles. The Morgan fingerprint density at radius 2 is 0.761 bits per heavy atom. The minimum Gasteiger partial charge on any atom is -0.456 e. The molecule has 5 atom stereocenters. The van der Waals surface area contributed by atoms with Gasteiger partial charge in [0.25, 0.3) is 0 Å². The van der Waals surface area contributed by atoms with Crippen LogP contribution < -0.4 is 24.6 Å². The van der Waals surface area contributed by atoms with Gasteiger partial charge < -0.3 is 33.4 Å². The Bertz CT molecular complexity index is 6800. The highest BCUT2D eigenvalue weighted by Gasteiger charge is 2.56. The van der Waals surface area contributed by atoms with Crippen molar-refractivity contribution in [3.8, 4) is 45.3 Å². The number of nitrogens with one attached hydrogen (secondary N) is 1. The lowest BCUT2D eigenvalue weighted by atomic mass is 9.75. The second kappa shape index (κ2) is 30.1. The van der Waals surface area contributed by atoms with E-state index >= 15 is 0 Å². The number of para-hydroxylation sites is 4. The predicted molar refractivity (Wildman–Crippen MR) is 486 cm³/mol. The van der Waals surface area contributed by atoms with Gasteiger partial charge in [0.1, 0.15) is 55.4 Å². The first-order chi connectivity index (χ1) is 57.3. The van der Waals surface area contributed by atoms with Gasteiger partial charge in [-0.25, -0.2) is 0 Å². The summed E-state index contributed by atoms with van der Waals surface area (Å²) in [5.41, 5.74) is 26.5. The normalized spacial score (nSPS) is 16.4. The fourth-order valence-corrected chi connectivity index (χ4v) is 20.1. The van der Waals surface area contributed by atoms with Gasteiger partial charge >= 0.3 is 0 Å². The van der Waals surface area contributed by atoms with Gasteiger partial charge in [-0.2, -0.15) is 0 Å². The Labute approximate surface area is 699 Å². The zero-order valence-corrected chi connectivity index (χ0v) is 67.9. The molecule has 0 fully saturated rings. The first kappa shape index (κ1) is 73.1. The maximum absolute atomic E-state index is 7.48. The molecule has 2 aliphatic carbocycles. The second-order valence-electron chi connectivity index (χ2n) is 31.8. The van der Waals surface area contributed by atoms with E-state index in [9.17, 15) is 0 Å². The highest BCUT2D eigenvalue weighted by atomic mass is 79.9. The SMILES string of the molecule is CC1(C)c2ccccc2C2C1c1ccccc1N2c1cccc(Oc2cccc(Br)c2)c1Cl.CC1(C)c2ccccc2C2C1c1ccccc1N2c1cccc(Oc2cccc(C(c3ccc(-c4ccccc4)cc3)c3cccc4oc5ccccc5c34)c2)c1Cl.c1ccc(-c2ccc(Nc3cccc4oc5ccccc5c34)cc2)cc1. The summed E-state index contributed by atoms with van der Waals surface area (Å²) in [7, 11) is 0. The molecule has 10 heteroatoms. The number of furan rings is 2. The zero-order valence-electron chi connectivity index (χ0n) is 64.8. The number of rotatable bonds is 13. The molecule has 0 spiro atoms. The molecule has 568 valence electrons. The number of hydrogen-bond acceptors (Lipinski definition) is 7. The van der Waals surface area contributed by atoms with Crippen molar-refractivity contribution in [2.45, 2.75) is 68.4 Å². The highest BCUT2D eigenvalue weighted by Crippen LogP contribution is 2.67. The molecule has 5 unspecified atom stereocenters. The van der Waals surface area contributed by atoms with Crippen LogP contribution in [0, 0.1) is 0 Å². The molecule has 2 aromatic heterocycles. The monoisotopic (exact) mass is 1620 g/mol. The van der Waals surface area contributed by atoms with Crippen molar-refractivity contribution in [3.05, 3.63) is 441 Å². The molecule has 2 aliphatic heterocycles. The molecule has 4 aliphatic rings. The average Bonchev–Trinajstić information content (AvgIpc) is 1.54. The average molecular weight is 1620 g/mol. The lowest BCUT2D eigenvalue weighted by Crippen LogP contribution is -2.25. The number of ether oxygens (including phenoxy) is 2. The van der Waals surface area contributed by atoms with Crippen LogP contribution in [-0.2, 0) is 10.8 Å². The van der Waals surface area contributed by atoms with Gasteiger partial charge in [0.05, 0.1) is 34.5 Å². The van der Waals surface area contributed by atoms with Crippen LogP contribution in [0.25, 0.3) is 66.1 Å². The standard InChI is InChI=1S/C54H40ClNO2.C29H23BrClNO.C24H17NO/c1-54(2)43-23-9-6-19-39(43)53-51(54)40-20-7-10-24-44(40)56(53)45-25-14-28-48(52(45)55)57-38-18-12-17-37(33-38)49(36-31-29-35(30-32-36)34-15-4-3-5-16-34)42-22-13-27-47-50(42)41-21-8-11-26-46(41)58-47;1-29(2)22-13-5-3-11-20(22)28-26(29)21-12-4-6-14-23(21)32(28)24-15-8-16-25(27(24)31)33-19-10-7-9-18(30)17-19;1-2-7-17(8-3-1)18-13-15-19(16-14-18)25-21-10-6-12-23-24(21)20-9-4-5-11-22(20)26-23/h3-33,49,51,53H,1-2H3;3-17,26,28H,1-2H3;1-16,25H. The van der Waals surface area contributed by atoms with Crippen LogP contribution in [0.2, 0.25) is 10.0 Å². The number of halogens is 3. The molecule has 22 rings (SSSR count). The van der Waals surface area contributed by atoms with E-state index in [4.69, 9.17) is 41.5 Å². The Kier molecular flexibility index (Phi) is 18.8. The topological polar surface area (TPSA) is 63.2 Å². The number of anilines is 6. The molecule has 1 N–H and O–H groups in total.